The fourth-order valence-electron chi connectivity index (χ4n) is 1.45. The highest BCUT2D eigenvalue weighted by atomic mass is 32.2. The minimum atomic E-state index is -3.53. The second-order valence-electron chi connectivity index (χ2n) is 4.31. The highest BCUT2D eigenvalue weighted by molar-refractivity contribution is 7.89. The van der Waals surface area contributed by atoms with Crippen LogP contribution < -0.4 is 4.72 Å². The number of amides is 1. The molecule has 0 saturated carbocycles. The fourth-order valence-corrected chi connectivity index (χ4v) is 2.47. The van der Waals surface area contributed by atoms with E-state index in [-0.39, 0.29) is 23.9 Å². The summed E-state index contributed by atoms with van der Waals surface area (Å²) in [5.41, 5.74) is 0.993. The first-order chi connectivity index (χ1) is 9.36. The quantitative estimate of drug-likeness (QED) is 0.815. The Hall–Kier alpha value is -1.84. The number of sulfonamides is 1. The van der Waals surface area contributed by atoms with Crippen LogP contribution in [-0.4, -0.2) is 39.4 Å². The molecule has 0 heterocycles. The summed E-state index contributed by atoms with van der Waals surface area (Å²) in [4.78, 5) is 13.0. The second kappa shape index (κ2) is 7.08. The minimum absolute atomic E-state index is 0.143. The van der Waals surface area contributed by atoms with Gasteiger partial charge < -0.3 is 4.90 Å². The van der Waals surface area contributed by atoms with Crippen molar-refractivity contribution in [1.82, 2.24) is 9.62 Å². The Kier molecular flexibility index (Phi) is 5.74. The molecule has 1 rings (SSSR count). The van der Waals surface area contributed by atoms with Gasteiger partial charge in [0.05, 0.1) is 4.90 Å². The van der Waals surface area contributed by atoms with Crippen LogP contribution in [0.3, 0.4) is 0 Å². The lowest BCUT2D eigenvalue weighted by molar-refractivity contribution is -0.123. The van der Waals surface area contributed by atoms with Gasteiger partial charge in [0.2, 0.25) is 10.0 Å². The number of nitrogens with one attached hydrogen (secondary N) is 1. The molecule has 5 nitrogen and oxygen atoms in total. The highest BCUT2D eigenvalue weighted by Crippen LogP contribution is 2.09. The third kappa shape index (κ3) is 4.68. The highest BCUT2D eigenvalue weighted by Gasteiger charge is 2.13. The van der Waals surface area contributed by atoms with Crippen LogP contribution in [0.5, 0.6) is 0 Å². The van der Waals surface area contributed by atoms with Gasteiger partial charge in [0.25, 0.3) is 5.91 Å². The van der Waals surface area contributed by atoms with Gasteiger partial charge in [-0.05, 0) is 31.9 Å². The molecular formula is C14H18N2O3S. The predicted octanol–water partition coefficient (Wildman–Crippen LogP) is 0.755. The van der Waals surface area contributed by atoms with Crippen molar-refractivity contribution in [2.45, 2.75) is 18.7 Å². The molecule has 0 atom stereocenters. The lowest BCUT2D eigenvalue weighted by atomic mass is 10.2. The van der Waals surface area contributed by atoms with Crippen LogP contribution in [0.15, 0.2) is 29.2 Å². The topological polar surface area (TPSA) is 66.5 Å². The molecular weight excluding hydrogens is 276 g/mol. The van der Waals surface area contributed by atoms with Gasteiger partial charge in [0.1, 0.15) is 0 Å². The third-order valence-corrected chi connectivity index (χ3v) is 4.13. The molecule has 0 fully saturated rings. The van der Waals surface area contributed by atoms with Crippen LogP contribution >= 0.6 is 0 Å². The van der Waals surface area contributed by atoms with E-state index in [9.17, 15) is 13.2 Å². The minimum Gasteiger partial charge on any atom is -0.334 e. The molecule has 0 unspecified atom stereocenters. The summed E-state index contributed by atoms with van der Waals surface area (Å²) >= 11 is 0. The van der Waals surface area contributed by atoms with Crippen molar-refractivity contribution in [3.05, 3.63) is 29.8 Å². The summed E-state index contributed by atoms with van der Waals surface area (Å²) < 4.78 is 26.4. The molecule has 0 spiro atoms. The molecule has 0 aromatic heterocycles. The van der Waals surface area contributed by atoms with Crippen LogP contribution in [0.4, 0.5) is 0 Å². The number of likely N-dealkylation sites (N-methyl/N-ethyl adjacent to an activating group) is 1. The molecule has 0 aliphatic heterocycles. The van der Waals surface area contributed by atoms with E-state index in [0.717, 1.165) is 5.56 Å². The molecule has 1 aromatic carbocycles. The zero-order valence-corrected chi connectivity index (χ0v) is 12.6. The van der Waals surface area contributed by atoms with Crippen LogP contribution in [0.1, 0.15) is 12.5 Å². The summed E-state index contributed by atoms with van der Waals surface area (Å²) in [6.07, 6.45) is 0. The normalized spacial score (nSPS) is 10.6. The summed E-state index contributed by atoms with van der Waals surface area (Å²) in [6, 6.07) is 6.58. The standard InChI is InChI=1S/C14H18N2O3S/c1-4-5-14(17)16(3)11-10-15-20(18,19)13-8-6-12(2)7-9-13/h6-9,15H,10-11H2,1-3H3. The van der Waals surface area contributed by atoms with Gasteiger partial charge >= 0.3 is 0 Å². The Morgan fingerprint density at radius 3 is 2.45 bits per heavy atom. The van der Waals surface area contributed by atoms with Crippen molar-refractivity contribution in [3.8, 4) is 11.8 Å². The Bertz CT molecular complexity index is 625. The molecule has 1 amide bonds. The Balaban J connectivity index is 2.58. The molecule has 0 aliphatic carbocycles. The molecule has 20 heavy (non-hydrogen) atoms. The average Bonchev–Trinajstić information content (AvgIpc) is 2.39. The van der Waals surface area contributed by atoms with E-state index in [1.165, 1.54) is 4.90 Å². The predicted molar refractivity (Wildman–Crippen MR) is 77.5 cm³/mol. The molecule has 0 saturated heterocycles. The zero-order chi connectivity index (χ0) is 15.2. The number of nitrogens with zero attached hydrogens (tertiary/aromatic N) is 1. The van der Waals surface area contributed by atoms with Crippen LogP contribution in [0.2, 0.25) is 0 Å². The number of rotatable bonds is 5. The maximum absolute atomic E-state index is 12.0. The summed E-state index contributed by atoms with van der Waals surface area (Å²) in [5.74, 6) is 4.57. The van der Waals surface area contributed by atoms with Gasteiger partial charge in [0, 0.05) is 20.1 Å². The summed E-state index contributed by atoms with van der Waals surface area (Å²) in [7, 11) is -1.96. The van der Waals surface area contributed by atoms with Gasteiger partial charge in [0.15, 0.2) is 0 Å². The summed E-state index contributed by atoms with van der Waals surface area (Å²) in [6.45, 7) is 3.87. The van der Waals surface area contributed by atoms with E-state index in [2.05, 4.69) is 16.6 Å². The van der Waals surface area contributed by atoms with Crippen molar-refractivity contribution < 1.29 is 13.2 Å². The third-order valence-electron chi connectivity index (χ3n) is 2.65. The first-order valence-electron chi connectivity index (χ1n) is 6.11. The van der Waals surface area contributed by atoms with E-state index in [0.29, 0.717) is 0 Å². The molecule has 0 radical (unpaired) electrons. The van der Waals surface area contributed by atoms with E-state index in [1.54, 1.807) is 38.2 Å². The Labute approximate surface area is 120 Å². The van der Waals surface area contributed by atoms with E-state index in [4.69, 9.17) is 0 Å². The van der Waals surface area contributed by atoms with Crippen LogP contribution in [0.25, 0.3) is 0 Å². The lowest BCUT2D eigenvalue weighted by Crippen LogP contribution is -2.35. The van der Waals surface area contributed by atoms with Gasteiger partial charge in [-0.1, -0.05) is 23.6 Å². The smallest absolute Gasteiger partial charge is 0.298 e. The first-order valence-corrected chi connectivity index (χ1v) is 7.59. The largest absolute Gasteiger partial charge is 0.334 e. The SMILES string of the molecule is CC#CC(=O)N(C)CCNS(=O)(=O)c1ccc(C)cc1. The van der Waals surface area contributed by atoms with E-state index in [1.807, 2.05) is 6.92 Å². The number of benzene rings is 1. The maximum atomic E-state index is 12.0. The maximum Gasteiger partial charge on any atom is 0.298 e. The zero-order valence-electron chi connectivity index (χ0n) is 11.8. The Morgan fingerprint density at radius 1 is 1.30 bits per heavy atom. The second-order valence-corrected chi connectivity index (χ2v) is 6.08. The van der Waals surface area contributed by atoms with Crippen molar-refractivity contribution in [2.24, 2.45) is 0 Å². The molecule has 108 valence electrons. The lowest BCUT2D eigenvalue weighted by Gasteiger charge is -2.14. The van der Waals surface area contributed by atoms with Crippen LogP contribution in [-0.2, 0) is 14.8 Å². The number of carbonyl (C=O) groups excluding carboxylic acids is 1. The van der Waals surface area contributed by atoms with E-state index < -0.39 is 10.0 Å². The molecule has 1 N–H and O–H groups in total. The number of aryl methyl sites for hydroxylation is 1. The van der Waals surface area contributed by atoms with E-state index >= 15 is 0 Å². The first kappa shape index (κ1) is 16.2. The number of hydrogen-bond donors (Lipinski definition) is 1. The van der Waals surface area contributed by atoms with Gasteiger partial charge in [-0.3, -0.25) is 4.79 Å². The van der Waals surface area contributed by atoms with Crippen molar-refractivity contribution in [2.75, 3.05) is 20.1 Å². The monoisotopic (exact) mass is 294 g/mol. The molecule has 0 aliphatic rings. The molecule has 1 aromatic rings. The van der Waals surface area contributed by atoms with Gasteiger partial charge in [-0.15, -0.1) is 0 Å². The van der Waals surface area contributed by atoms with Crippen molar-refractivity contribution in [1.29, 1.82) is 0 Å². The molecule has 0 bridgehead atoms. The van der Waals surface area contributed by atoms with Gasteiger partial charge in [-0.2, -0.15) is 0 Å². The fraction of sp³-hybridized carbons (Fsp3) is 0.357. The number of carbonyl (C=O) groups is 1. The summed E-state index contributed by atoms with van der Waals surface area (Å²) in [5, 5.41) is 0. The van der Waals surface area contributed by atoms with Crippen LogP contribution in [0, 0.1) is 18.8 Å². The average molecular weight is 294 g/mol. The Morgan fingerprint density at radius 2 is 1.90 bits per heavy atom. The van der Waals surface area contributed by atoms with Gasteiger partial charge in [-0.25, -0.2) is 13.1 Å². The van der Waals surface area contributed by atoms with Crippen molar-refractivity contribution >= 4 is 15.9 Å². The van der Waals surface area contributed by atoms with Crippen molar-refractivity contribution in [3.63, 3.8) is 0 Å². The molecule has 6 heteroatoms. The number of hydrogen-bond acceptors (Lipinski definition) is 3.